The van der Waals surface area contributed by atoms with Crippen LogP contribution in [0, 0.1) is 13.8 Å². The molecule has 3 nitrogen and oxygen atoms in total. The van der Waals surface area contributed by atoms with Gasteiger partial charge in [0.25, 0.3) is 0 Å². The summed E-state index contributed by atoms with van der Waals surface area (Å²) in [6.07, 6.45) is 1.83. The third-order valence-corrected chi connectivity index (χ3v) is 2.60. The number of esters is 1. The SMILES string of the molecule is COC(=O)/C(C)=C/CNc1cc(C)ccc1C. The third kappa shape index (κ3) is 3.94. The summed E-state index contributed by atoms with van der Waals surface area (Å²) in [5, 5.41) is 3.28. The van der Waals surface area contributed by atoms with Crippen LogP contribution in [-0.4, -0.2) is 19.6 Å². The van der Waals surface area contributed by atoms with E-state index in [0.717, 1.165) is 5.69 Å². The van der Waals surface area contributed by atoms with Gasteiger partial charge in [-0.3, -0.25) is 0 Å². The molecule has 1 rings (SSSR count). The van der Waals surface area contributed by atoms with Gasteiger partial charge in [-0.2, -0.15) is 0 Å². The van der Waals surface area contributed by atoms with Gasteiger partial charge < -0.3 is 10.1 Å². The van der Waals surface area contributed by atoms with Crippen LogP contribution < -0.4 is 5.32 Å². The number of hydrogen-bond acceptors (Lipinski definition) is 3. The number of methoxy groups -OCH3 is 1. The molecule has 0 saturated carbocycles. The molecule has 0 fully saturated rings. The molecular formula is C14H19NO2. The summed E-state index contributed by atoms with van der Waals surface area (Å²) in [4.78, 5) is 11.2. The molecule has 0 saturated heterocycles. The van der Waals surface area contributed by atoms with Crippen LogP contribution in [0.15, 0.2) is 29.8 Å². The fraction of sp³-hybridized carbons (Fsp3) is 0.357. The molecule has 1 N–H and O–H groups in total. The number of benzene rings is 1. The monoisotopic (exact) mass is 233 g/mol. The maximum atomic E-state index is 11.2. The maximum Gasteiger partial charge on any atom is 0.333 e. The fourth-order valence-electron chi connectivity index (χ4n) is 1.48. The number of hydrogen-bond donors (Lipinski definition) is 1. The first-order valence-corrected chi connectivity index (χ1v) is 5.61. The summed E-state index contributed by atoms with van der Waals surface area (Å²) in [5.41, 5.74) is 4.12. The molecule has 0 aliphatic rings. The minimum Gasteiger partial charge on any atom is -0.466 e. The maximum absolute atomic E-state index is 11.2. The normalized spacial score (nSPS) is 11.2. The lowest BCUT2D eigenvalue weighted by Crippen LogP contribution is -2.06. The minimum absolute atomic E-state index is 0.284. The predicted octanol–water partition coefficient (Wildman–Crippen LogP) is 2.83. The van der Waals surface area contributed by atoms with Gasteiger partial charge in [0.1, 0.15) is 0 Å². The average Bonchev–Trinajstić information content (AvgIpc) is 2.32. The zero-order chi connectivity index (χ0) is 12.8. The number of nitrogens with one attached hydrogen (secondary N) is 1. The first kappa shape index (κ1) is 13.3. The number of anilines is 1. The molecule has 0 amide bonds. The Balaban J connectivity index is 2.62. The van der Waals surface area contributed by atoms with E-state index >= 15 is 0 Å². The van der Waals surface area contributed by atoms with Crippen LogP contribution in [0.1, 0.15) is 18.1 Å². The Bertz CT molecular complexity index is 436. The summed E-state index contributed by atoms with van der Waals surface area (Å²) in [6, 6.07) is 6.25. The molecule has 92 valence electrons. The summed E-state index contributed by atoms with van der Waals surface area (Å²) in [7, 11) is 1.39. The first-order valence-electron chi connectivity index (χ1n) is 5.61. The zero-order valence-corrected chi connectivity index (χ0v) is 10.8. The van der Waals surface area contributed by atoms with Crippen LogP contribution in [0.4, 0.5) is 5.69 Å². The van der Waals surface area contributed by atoms with Crippen molar-refractivity contribution in [2.45, 2.75) is 20.8 Å². The van der Waals surface area contributed by atoms with Crippen LogP contribution in [0.3, 0.4) is 0 Å². The Morgan fingerprint density at radius 3 is 2.76 bits per heavy atom. The zero-order valence-electron chi connectivity index (χ0n) is 10.8. The lowest BCUT2D eigenvalue weighted by Gasteiger charge is -2.08. The lowest BCUT2D eigenvalue weighted by atomic mass is 10.1. The van der Waals surface area contributed by atoms with E-state index in [1.54, 1.807) is 6.92 Å². The molecule has 0 heterocycles. The lowest BCUT2D eigenvalue weighted by molar-refractivity contribution is -0.136. The van der Waals surface area contributed by atoms with Crippen molar-refractivity contribution in [3.63, 3.8) is 0 Å². The minimum atomic E-state index is -0.284. The Morgan fingerprint density at radius 1 is 1.41 bits per heavy atom. The van der Waals surface area contributed by atoms with E-state index in [-0.39, 0.29) is 5.97 Å². The van der Waals surface area contributed by atoms with Gasteiger partial charge in [-0.05, 0) is 38.0 Å². The van der Waals surface area contributed by atoms with E-state index in [2.05, 4.69) is 42.1 Å². The molecular weight excluding hydrogens is 214 g/mol. The highest BCUT2D eigenvalue weighted by molar-refractivity contribution is 5.87. The van der Waals surface area contributed by atoms with Crippen molar-refractivity contribution < 1.29 is 9.53 Å². The highest BCUT2D eigenvalue weighted by Gasteiger charge is 2.02. The molecule has 0 aliphatic carbocycles. The molecule has 0 aromatic heterocycles. The molecule has 0 radical (unpaired) electrons. The van der Waals surface area contributed by atoms with E-state index in [1.165, 1.54) is 18.2 Å². The quantitative estimate of drug-likeness (QED) is 0.642. The molecule has 17 heavy (non-hydrogen) atoms. The van der Waals surface area contributed by atoms with Gasteiger partial charge in [-0.1, -0.05) is 18.2 Å². The van der Waals surface area contributed by atoms with Crippen molar-refractivity contribution in [3.8, 4) is 0 Å². The number of aryl methyl sites for hydroxylation is 2. The van der Waals surface area contributed by atoms with E-state index in [1.807, 2.05) is 6.08 Å². The van der Waals surface area contributed by atoms with Crippen LogP contribution in [0.2, 0.25) is 0 Å². The number of carbonyl (C=O) groups is 1. The number of ether oxygens (including phenoxy) is 1. The fourth-order valence-corrected chi connectivity index (χ4v) is 1.48. The van der Waals surface area contributed by atoms with E-state index in [0.29, 0.717) is 12.1 Å². The summed E-state index contributed by atoms with van der Waals surface area (Å²) in [6.45, 7) is 6.47. The van der Waals surface area contributed by atoms with Gasteiger partial charge in [0, 0.05) is 17.8 Å². The smallest absolute Gasteiger partial charge is 0.333 e. The van der Waals surface area contributed by atoms with Crippen molar-refractivity contribution in [2.75, 3.05) is 19.0 Å². The number of rotatable bonds is 4. The second-order valence-corrected chi connectivity index (χ2v) is 4.08. The molecule has 3 heteroatoms. The topological polar surface area (TPSA) is 38.3 Å². The molecule has 0 aliphatic heterocycles. The van der Waals surface area contributed by atoms with Gasteiger partial charge in [0.05, 0.1) is 7.11 Å². The summed E-state index contributed by atoms with van der Waals surface area (Å²) in [5.74, 6) is -0.284. The molecule has 0 atom stereocenters. The number of carbonyl (C=O) groups excluding carboxylic acids is 1. The first-order chi connectivity index (χ1) is 8.04. The van der Waals surface area contributed by atoms with Gasteiger partial charge in [0.2, 0.25) is 0 Å². The second-order valence-electron chi connectivity index (χ2n) is 4.08. The highest BCUT2D eigenvalue weighted by Crippen LogP contribution is 2.15. The molecule has 0 unspecified atom stereocenters. The van der Waals surface area contributed by atoms with Crippen molar-refractivity contribution in [1.29, 1.82) is 0 Å². The molecule has 1 aromatic carbocycles. The Morgan fingerprint density at radius 2 is 2.12 bits per heavy atom. The van der Waals surface area contributed by atoms with Crippen molar-refractivity contribution in [1.82, 2.24) is 0 Å². The third-order valence-electron chi connectivity index (χ3n) is 2.60. The van der Waals surface area contributed by atoms with Crippen molar-refractivity contribution >= 4 is 11.7 Å². The Kier molecular flexibility index (Phi) is 4.76. The Hall–Kier alpha value is -1.77. The summed E-state index contributed by atoms with van der Waals surface area (Å²) < 4.78 is 4.62. The van der Waals surface area contributed by atoms with E-state index in [9.17, 15) is 4.79 Å². The second kappa shape index (κ2) is 6.09. The average molecular weight is 233 g/mol. The van der Waals surface area contributed by atoms with Crippen LogP contribution in [0.25, 0.3) is 0 Å². The van der Waals surface area contributed by atoms with Crippen LogP contribution in [0.5, 0.6) is 0 Å². The molecule has 0 bridgehead atoms. The standard InChI is InChI=1S/C14H19NO2/c1-10-5-6-11(2)13(9-10)15-8-7-12(3)14(16)17-4/h5-7,9,15H,8H2,1-4H3/b12-7+. The van der Waals surface area contributed by atoms with Crippen LogP contribution >= 0.6 is 0 Å². The Labute approximate surface area is 102 Å². The largest absolute Gasteiger partial charge is 0.466 e. The van der Waals surface area contributed by atoms with Crippen molar-refractivity contribution in [2.24, 2.45) is 0 Å². The van der Waals surface area contributed by atoms with Crippen LogP contribution in [-0.2, 0) is 9.53 Å². The van der Waals surface area contributed by atoms with Crippen molar-refractivity contribution in [3.05, 3.63) is 41.0 Å². The van der Waals surface area contributed by atoms with Gasteiger partial charge >= 0.3 is 5.97 Å². The van der Waals surface area contributed by atoms with E-state index in [4.69, 9.17) is 0 Å². The van der Waals surface area contributed by atoms with E-state index < -0.39 is 0 Å². The highest BCUT2D eigenvalue weighted by atomic mass is 16.5. The summed E-state index contributed by atoms with van der Waals surface area (Å²) >= 11 is 0. The van der Waals surface area contributed by atoms with Gasteiger partial charge in [-0.25, -0.2) is 4.79 Å². The molecule has 1 aromatic rings. The predicted molar refractivity (Wildman–Crippen MR) is 70.2 cm³/mol. The molecule has 0 spiro atoms. The van der Waals surface area contributed by atoms with Gasteiger partial charge in [-0.15, -0.1) is 0 Å². The van der Waals surface area contributed by atoms with Gasteiger partial charge in [0.15, 0.2) is 0 Å².